The van der Waals surface area contributed by atoms with E-state index in [1.54, 1.807) is 6.26 Å². The first kappa shape index (κ1) is 5.24. The Balaban J connectivity index is 2.19. The molecule has 0 aliphatic heterocycles. The molecule has 0 spiro atoms. The van der Waals surface area contributed by atoms with E-state index in [9.17, 15) is 4.53 Å². The molecule has 0 saturated heterocycles. The van der Waals surface area contributed by atoms with Gasteiger partial charge in [-0.15, -0.1) is 11.8 Å². The molecular weight excluding hydrogens is 91.1 g/mol. The van der Waals surface area contributed by atoms with Crippen LogP contribution >= 0.6 is 11.8 Å². The molecule has 0 aromatic carbocycles. The Morgan fingerprint density at radius 1 is 2.00 bits per heavy atom. The van der Waals surface area contributed by atoms with Gasteiger partial charge in [0.25, 0.3) is 0 Å². The predicted molar refractivity (Wildman–Crippen MR) is 20.6 cm³/mol. The van der Waals surface area contributed by atoms with Gasteiger partial charge >= 0.3 is 0 Å². The minimum absolute atomic E-state index is 0.139. The van der Waals surface area contributed by atoms with Gasteiger partial charge < -0.3 is 0 Å². The summed E-state index contributed by atoms with van der Waals surface area (Å²) in [5, 5.41) is 0. The van der Waals surface area contributed by atoms with Gasteiger partial charge in [0.1, 0.15) is 5.94 Å². The second-order valence-electron chi connectivity index (χ2n) is 0.516. The second kappa shape index (κ2) is 4.24. The molecule has 0 saturated carbocycles. The highest BCUT2D eigenvalue weighted by Gasteiger charge is 1.70. The van der Waals surface area contributed by atoms with Gasteiger partial charge in [-0.1, -0.05) is 0 Å². The fraction of sp³-hybridized carbons (Fsp3) is 1.00. The minimum atomic E-state index is 0.139. The van der Waals surface area contributed by atoms with E-state index in [4.69, 9.17) is 0 Å². The zero-order valence-corrected chi connectivity index (χ0v) is 3.72. The Morgan fingerprint density at radius 3 is 2.60 bits per heavy atom. The molecule has 0 rings (SSSR count). The summed E-state index contributed by atoms with van der Waals surface area (Å²) in [6, 6.07) is 0. The van der Waals surface area contributed by atoms with Gasteiger partial charge in [-0.25, -0.2) is 0 Å². The van der Waals surface area contributed by atoms with Crippen LogP contribution in [-0.2, 0) is 4.94 Å². The van der Waals surface area contributed by atoms with E-state index in [0.717, 1.165) is 0 Å². The Bertz CT molecular complexity index is 17.1. The fourth-order valence-electron chi connectivity index (χ4n) is 0.0445. The summed E-state index contributed by atoms with van der Waals surface area (Å²) in [5.41, 5.74) is 0. The van der Waals surface area contributed by atoms with Gasteiger partial charge in [-0.3, -0.25) is 0 Å². The average molecular weight is 96.1 g/mol. The Kier molecular flexibility index (Phi) is 4.44. The van der Waals surface area contributed by atoms with Crippen molar-refractivity contribution in [2.75, 3.05) is 12.2 Å². The Labute approximate surface area is 34.4 Å². The van der Waals surface area contributed by atoms with Crippen LogP contribution < -0.4 is 0 Å². The summed E-state index contributed by atoms with van der Waals surface area (Å²) in [6.45, 7) is 0. The third kappa shape index (κ3) is 4.24. The van der Waals surface area contributed by atoms with Gasteiger partial charge in [-0.2, -0.15) is 4.94 Å². The van der Waals surface area contributed by atoms with E-state index in [2.05, 4.69) is 4.94 Å². The van der Waals surface area contributed by atoms with Crippen LogP contribution in [-0.4, -0.2) is 12.2 Å². The SMILES string of the molecule is CSCOF. The maximum absolute atomic E-state index is 10.5. The lowest BCUT2D eigenvalue weighted by Gasteiger charge is -1.78. The highest BCUT2D eigenvalue weighted by atomic mass is 32.2. The summed E-state index contributed by atoms with van der Waals surface area (Å²) >= 11 is 1.30. The number of rotatable bonds is 2. The molecule has 0 fully saturated rings. The molecule has 0 unspecified atom stereocenters. The molecule has 0 amide bonds. The van der Waals surface area contributed by atoms with Crippen molar-refractivity contribution < 1.29 is 9.47 Å². The van der Waals surface area contributed by atoms with Crippen LogP contribution in [0.3, 0.4) is 0 Å². The molecule has 1 nitrogen and oxygen atoms in total. The molecule has 0 radical (unpaired) electrons. The Morgan fingerprint density at radius 2 is 2.60 bits per heavy atom. The smallest absolute Gasteiger partial charge is 0.133 e. The molecular formula is C2H5FOS. The number of halogens is 1. The lowest BCUT2D eigenvalue weighted by molar-refractivity contribution is -0.106. The topological polar surface area (TPSA) is 9.23 Å². The van der Waals surface area contributed by atoms with E-state index in [-0.39, 0.29) is 5.94 Å². The van der Waals surface area contributed by atoms with Crippen molar-refractivity contribution in [3.05, 3.63) is 0 Å². The quantitative estimate of drug-likeness (QED) is 0.478. The van der Waals surface area contributed by atoms with Crippen LogP contribution in [0.5, 0.6) is 0 Å². The zero-order chi connectivity index (χ0) is 4.12. The van der Waals surface area contributed by atoms with Crippen LogP contribution in [0.4, 0.5) is 4.53 Å². The molecule has 0 aliphatic rings. The van der Waals surface area contributed by atoms with Crippen molar-refractivity contribution in [1.29, 1.82) is 0 Å². The molecule has 0 N–H and O–H groups in total. The predicted octanol–water partition coefficient (Wildman–Crippen LogP) is 1.21. The molecule has 32 valence electrons. The van der Waals surface area contributed by atoms with E-state index in [1.165, 1.54) is 11.8 Å². The molecule has 0 bridgehead atoms. The standard InChI is InChI=1S/C2H5FOS/c1-5-2-4-3/h2H2,1H3. The van der Waals surface area contributed by atoms with Gasteiger partial charge in [0.2, 0.25) is 0 Å². The normalized spacial score (nSPS) is 8.40. The average Bonchev–Trinajstić information content (AvgIpc) is 1.41. The maximum atomic E-state index is 10.5. The van der Waals surface area contributed by atoms with E-state index in [1.807, 2.05) is 0 Å². The second-order valence-corrected chi connectivity index (χ2v) is 1.33. The molecule has 0 atom stereocenters. The van der Waals surface area contributed by atoms with Gasteiger partial charge in [0.05, 0.1) is 0 Å². The highest BCUT2D eigenvalue weighted by molar-refractivity contribution is 7.98. The number of hydrogen-bond donors (Lipinski definition) is 0. The van der Waals surface area contributed by atoms with Crippen molar-refractivity contribution in [1.82, 2.24) is 0 Å². The first-order valence-electron chi connectivity index (χ1n) is 1.14. The fourth-order valence-corrected chi connectivity index (χ4v) is 0.134. The van der Waals surface area contributed by atoms with Crippen molar-refractivity contribution in [3.8, 4) is 0 Å². The Hall–Kier alpha value is 0.240. The molecule has 0 heterocycles. The maximum Gasteiger partial charge on any atom is 0.133 e. The molecule has 5 heavy (non-hydrogen) atoms. The number of hydrogen-bond acceptors (Lipinski definition) is 2. The summed E-state index contributed by atoms with van der Waals surface area (Å²) in [7, 11) is 0. The number of thioether (sulfide) groups is 1. The van der Waals surface area contributed by atoms with Gasteiger partial charge in [0, 0.05) is 0 Å². The van der Waals surface area contributed by atoms with E-state index < -0.39 is 0 Å². The summed E-state index contributed by atoms with van der Waals surface area (Å²) in [5.74, 6) is 0.139. The van der Waals surface area contributed by atoms with Crippen LogP contribution in [0.25, 0.3) is 0 Å². The van der Waals surface area contributed by atoms with Crippen LogP contribution in [0, 0.1) is 0 Å². The lowest BCUT2D eigenvalue weighted by Crippen LogP contribution is -1.68. The van der Waals surface area contributed by atoms with Crippen LogP contribution in [0.1, 0.15) is 0 Å². The molecule has 0 aromatic rings. The third-order valence-corrected chi connectivity index (χ3v) is 0.487. The van der Waals surface area contributed by atoms with E-state index >= 15 is 0 Å². The largest absolute Gasteiger partial charge is 0.183 e. The van der Waals surface area contributed by atoms with Gasteiger partial charge in [-0.05, 0) is 10.8 Å². The van der Waals surface area contributed by atoms with Crippen molar-refractivity contribution in [3.63, 3.8) is 0 Å². The molecule has 0 aliphatic carbocycles. The first-order valence-corrected chi connectivity index (χ1v) is 2.53. The third-order valence-electron chi connectivity index (χ3n) is 0.162. The minimum Gasteiger partial charge on any atom is -0.183 e. The zero-order valence-electron chi connectivity index (χ0n) is 2.90. The van der Waals surface area contributed by atoms with Crippen LogP contribution in [0.2, 0.25) is 0 Å². The first-order chi connectivity index (χ1) is 2.41. The molecule has 0 aromatic heterocycles. The summed E-state index contributed by atoms with van der Waals surface area (Å²) < 4.78 is 10.5. The van der Waals surface area contributed by atoms with Crippen molar-refractivity contribution in [2.45, 2.75) is 0 Å². The van der Waals surface area contributed by atoms with Crippen molar-refractivity contribution >= 4 is 11.8 Å². The highest BCUT2D eigenvalue weighted by Crippen LogP contribution is 1.89. The van der Waals surface area contributed by atoms with Crippen molar-refractivity contribution in [2.24, 2.45) is 0 Å². The lowest BCUT2D eigenvalue weighted by atomic mass is 11.7. The van der Waals surface area contributed by atoms with E-state index in [0.29, 0.717) is 0 Å². The summed E-state index contributed by atoms with van der Waals surface area (Å²) in [6.07, 6.45) is 1.76. The summed E-state index contributed by atoms with van der Waals surface area (Å²) in [4.78, 5) is 3.15. The monoisotopic (exact) mass is 96.0 g/mol. The van der Waals surface area contributed by atoms with Crippen LogP contribution in [0.15, 0.2) is 0 Å². The van der Waals surface area contributed by atoms with Gasteiger partial charge in [0.15, 0.2) is 0 Å². The molecule has 3 heteroatoms.